The van der Waals surface area contributed by atoms with E-state index in [1.54, 1.807) is 26.0 Å². The van der Waals surface area contributed by atoms with Gasteiger partial charge in [0.2, 0.25) is 5.91 Å². The molecular formula is C31H27N3O7. The summed E-state index contributed by atoms with van der Waals surface area (Å²) in [5.74, 6) is 4.38. The number of hydrogen-bond acceptors (Lipinski definition) is 7. The van der Waals surface area contributed by atoms with Crippen LogP contribution in [0.15, 0.2) is 66.7 Å². The van der Waals surface area contributed by atoms with Crippen LogP contribution in [-0.2, 0) is 14.3 Å². The van der Waals surface area contributed by atoms with Crippen molar-refractivity contribution in [1.82, 2.24) is 0 Å². The molecule has 10 heteroatoms. The molecule has 0 saturated carbocycles. The van der Waals surface area contributed by atoms with Gasteiger partial charge in [-0.3, -0.25) is 14.9 Å². The molecule has 1 atom stereocenters. The van der Waals surface area contributed by atoms with Crippen LogP contribution in [0.25, 0.3) is 0 Å². The fourth-order valence-electron chi connectivity index (χ4n) is 4.01. The van der Waals surface area contributed by atoms with Crippen molar-refractivity contribution >= 4 is 29.2 Å². The van der Waals surface area contributed by atoms with E-state index >= 15 is 0 Å². The molecule has 1 fully saturated rings. The number of nitrogens with one attached hydrogen (secondary N) is 2. The number of benzene rings is 3. The van der Waals surface area contributed by atoms with Gasteiger partial charge in [-0.25, -0.2) is 4.79 Å². The van der Waals surface area contributed by atoms with E-state index in [-0.39, 0.29) is 35.4 Å². The minimum Gasteiger partial charge on any atom is -0.489 e. The van der Waals surface area contributed by atoms with Crippen LogP contribution in [-0.4, -0.2) is 48.0 Å². The van der Waals surface area contributed by atoms with Crippen molar-refractivity contribution in [3.05, 3.63) is 89.0 Å². The summed E-state index contributed by atoms with van der Waals surface area (Å²) in [6.45, 7) is 4.01. The van der Waals surface area contributed by atoms with Gasteiger partial charge >= 0.3 is 6.09 Å². The topological polar surface area (TPSA) is 147 Å². The maximum atomic E-state index is 12.9. The third-order valence-electron chi connectivity index (χ3n) is 5.88. The lowest BCUT2D eigenvalue weighted by molar-refractivity contribution is -0.141. The number of anilines is 2. The number of ether oxygens (including phenoxy) is 3. The Morgan fingerprint density at radius 2 is 1.73 bits per heavy atom. The number of Topliss-reactive ketones (excluding diaryl/α,β-unsaturated/α-hetero) is 1. The van der Waals surface area contributed by atoms with Gasteiger partial charge in [-0.1, -0.05) is 42.2 Å². The van der Waals surface area contributed by atoms with Crippen molar-refractivity contribution < 1.29 is 33.7 Å². The molecule has 3 aromatic carbocycles. The number of rotatable bonds is 8. The molecule has 0 aliphatic carbocycles. The van der Waals surface area contributed by atoms with Gasteiger partial charge < -0.3 is 24.6 Å². The normalized spacial score (nSPS) is 15.1. The minimum atomic E-state index is -1.37. The summed E-state index contributed by atoms with van der Waals surface area (Å²) in [7, 11) is 0. The first-order chi connectivity index (χ1) is 19.6. The van der Waals surface area contributed by atoms with Crippen molar-refractivity contribution in [2.75, 3.05) is 23.8 Å². The van der Waals surface area contributed by atoms with E-state index < -0.39 is 30.0 Å². The van der Waals surface area contributed by atoms with Crippen LogP contribution in [0.2, 0.25) is 0 Å². The van der Waals surface area contributed by atoms with E-state index in [2.05, 4.69) is 22.5 Å². The lowest BCUT2D eigenvalue weighted by Gasteiger charge is -2.19. The van der Waals surface area contributed by atoms with Gasteiger partial charge in [-0.2, -0.15) is 5.26 Å². The monoisotopic (exact) mass is 553 g/mol. The summed E-state index contributed by atoms with van der Waals surface area (Å²) < 4.78 is 17.4. The molecule has 3 aromatic rings. The predicted octanol–water partition coefficient (Wildman–Crippen LogP) is 4.79. The number of amides is 2. The second-order valence-electron chi connectivity index (χ2n) is 9.54. The van der Waals surface area contributed by atoms with Gasteiger partial charge in [-0.15, -0.1) is 0 Å². The number of carbonyl (C=O) groups excluding carboxylic acids is 2. The Kier molecular flexibility index (Phi) is 9.00. The second-order valence-corrected chi connectivity index (χ2v) is 9.54. The first kappa shape index (κ1) is 28.8. The Morgan fingerprint density at radius 1 is 1.00 bits per heavy atom. The smallest absolute Gasteiger partial charge is 0.409 e. The molecule has 1 heterocycles. The molecular weight excluding hydrogens is 526 g/mol. The molecule has 1 aliphatic rings. The number of hydrogen-bond donors (Lipinski definition) is 3. The van der Waals surface area contributed by atoms with E-state index in [0.29, 0.717) is 17.7 Å². The van der Waals surface area contributed by atoms with Crippen molar-refractivity contribution in [2.24, 2.45) is 0 Å². The zero-order chi connectivity index (χ0) is 29.4. The van der Waals surface area contributed by atoms with Gasteiger partial charge in [0.25, 0.3) is 0 Å². The van der Waals surface area contributed by atoms with E-state index in [9.17, 15) is 19.5 Å². The molecule has 0 spiro atoms. The standard InChI is InChI=1S/C31H27N3O7/c1-31(2)40-19-24(41-31)18-39-28-15-26(34-30(37)38)25(14-23(28)12-11-20-7-4-3-5-8-20)33-29(36)16-27(35)22-10-6-9-21(13-22)17-32/h3-10,13-15,24,34H,16,18-19H2,1-2H3,(H,33,36)(H,37,38). The van der Waals surface area contributed by atoms with E-state index in [1.807, 2.05) is 36.4 Å². The highest BCUT2D eigenvalue weighted by molar-refractivity contribution is 6.12. The van der Waals surface area contributed by atoms with Crippen LogP contribution in [0.3, 0.4) is 0 Å². The zero-order valence-electron chi connectivity index (χ0n) is 22.4. The highest BCUT2D eigenvalue weighted by Crippen LogP contribution is 2.32. The zero-order valence-corrected chi connectivity index (χ0v) is 22.4. The maximum Gasteiger partial charge on any atom is 0.409 e. The van der Waals surface area contributed by atoms with Gasteiger partial charge in [0.1, 0.15) is 18.5 Å². The Bertz CT molecular complexity index is 1570. The molecule has 4 rings (SSSR count). The van der Waals surface area contributed by atoms with Gasteiger partial charge in [0.05, 0.1) is 41.6 Å². The summed E-state index contributed by atoms with van der Waals surface area (Å²) in [5.41, 5.74) is 1.71. The van der Waals surface area contributed by atoms with Crippen LogP contribution >= 0.6 is 0 Å². The summed E-state index contributed by atoms with van der Waals surface area (Å²) in [6, 6.07) is 20.1. The highest BCUT2D eigenvalue weighted by atomic mass is 16.7. The molecule has 0 radical (unpaired) electrons. The highest BCUT2D eigenvalue weighted by Gasteiger charge is 2.33. The summed E-state index contributed by atoms with van der Waals surface area (Å²) >= 11 is 0. The van der Waals surface area contributed by atoms with Crippen LogP contribution in [0.4, 0.5) is 16.2 Å². The molecule has 208 valence electrons. The van der Waals surface area contributed by atoms with Crippen molar-refractivity contribution in [1.29, 1.82) is 5.26 Å². The summed E-state index contributed by atoms with van der Waals surface area (Å²) in [6.07, 6.45) is -2.26. The van der Waals surface area contributed by atoms with E-state index in [1.165, 1.54) is 24.3 Å². The summed E-state index contributed by atoms with van der Waals surface area (Å²) in [5, 5.41) is 23.4. The first-order valence-electron chi connectivity index (χ1n) is 12.6. The average molecular weight is 554 g/mol. The van der Waals surface area contributed by atoms with Crippen LogP contribution in [0, 0.1) is 23.2 Å². The molecule has 1 saturated heterocycles. The van der Waals surface area contributed by atoms with Crippen molar-refractivity contribution in [3.8, 4) is 23.7 Å². The van der Waals surface area contributed by atoms with Gasteiger partial charge in [0.15, 0.2) is 11.6 Å². The molecule has 1 unspecified atom stereocenters. The molecule has 10 nitrogen and oxygen atoms in total. The maximum absolute atomic E-state index is 12.9. The Labute approximate surface area is 236 Å². The van der Waals surface area contributed by atoms with Crippen LogP contribution < -0.4 is 15.4 Å². The third-order valence-corrected chi connectivity index (χ3v) is 5.88. The van der Waals surface area contributed by atoms with E-state index in [0.717, 1.165) is 5.56 Å². The largest absolute Gasteiger partial charge is 0.489 e. The lowest BCUT2D eigenvalue weighted by atomic mass is 10.1. The second kappa shape index (κ2) is 12.8. The molecule has 2 amide bonds. The van der Waals surface area contributed by atoms with Crippen molar-refractivity contribution in [3.63, 3.8) is 0 Å². The van der Waals surface area contributed by atoms with Crippen LogP contribution in [0.5, 0.6) is 5.75 Å². The SMILES string of the molecule is CC1(C)OCC(COc2cc(NC(=O)O)c(NC(=O)CC(=O)c3cccc(C#N)c3)cc2C#Cc2ccccc2)O1. The fourth-order valence-corrected chi connectivity index (χ4v) is 4.01. The number of carboxylic acid groups (broad SMARTS) is 1. The average Bonchev–Trinajstić information content (AvgIpc) is 3.30. The molecule has 3 N–H and O–H groups in total. The third kappa shape index (κ3) is 8.16. The fraction of sp³-hybridized carbons (Fsp3) is 0.226. The van der Waals surface area contributed by atoms with Crippen molar-refractivity contribution in [2.45, 2.75) is 32.2 Å². The molecule has 0 bridgehead atoms. The Morgan fingerprint density at radius 3 is 2.41 bits per heavy atom. The quantitative estimate of drug-likeness (QED) is 0.205. The molecule has 1 aliphatic heterocycles. The number of carbonyl (C=O) groups is 3. The predicted molar refractivity (Wildman–Crippen MR) is 150 cm³/mol. The van der Waals surface area contributed by atoms with Gasteiger partial charge in [0, 0.05) is 17.2 Å². The number of nitrogens with zero attached hydrogens (tertiary/aromatic N) is 1. The molecule has 41 heavy (non-hydrogen) atoms. The first-order valence-corrected chi connectivity index (χ1v) is 12.6. The molecule has 0 aromatic heterocycles. The Hall–Kier alpha value is -5.16. The lowest BCUT2D eigenvalue weighted by Crippen LogP contribution is -2.25. The van der Waals surface area contributed by atoms with Crippen LogP contribution in [0.1, 0.15) is 47.3 Å². The minimum absolute atomic E-state index is 0.0222. The van der Waals surface area contributed by atoms with E-state index in [4.69, 9.17) is 19.5 Å². The number of nitriles is 1. The number of ketones is 1. The summed E-state index contributed by atoms with van der Waals surface area (Å²) in [4.78, 5) is 37.1. The Balaban J connectivity index is 1.62. The van der Waals surface area contributed by atoms with Gasteiger partial charge in [-0.05, 0) is 44.2 Å².